The lowest BCUT2D eigenvalue weighted by Gasteiger charge is -2.17. The van der Waals surface area contributed by atoms with Crippen LogP contribution in [0.3, 0.4) is 0 Å². The first-order chi connectivity index (χ1) is 8.85. The van der Waals surface area contributed by atoms with Gasteiger partial charge in [-0.15, -0.1) is 0 Å². The Hall–Kier alpha value is -2.29. The maximum absolute atomic E-state index is 10.7. The Labute approximate surface area is 106 Å². The molecule has 2 aromatic carbocycles. The molecule has 2 rings (SSSR count). The molecule has 0 aromatic heterocycles. The van der Waals surface area contributed by atoms with Crippen molar-refractivity contribution in [1.29, 1.82) is 0 Å². The lowest BCUT2D eigenvalue weighted by Crippen LogP contribution is -2.20. The first-order valence-electron chi connectivity index (χ1n) is 5.73. The summed E-state index contributed by atoms with van der Waals surface area (Å²) < 4.78 is 5.12. The number of benzene rings is 2. The first kappa shape index (κ1) is 12.2. The van der Waals surface area contributed by atoms with Crippen molar-refractivity contribution in [3.8, 4) is 5.75 Å². The van der Waals surface area contributed by atoms with Crippen molar-refractivity contribution in [1.82, 2.24) is 5.32 Å². The Balaban J connectivity index is 2.32. The fourth-order valence-corrected chi connectivity index (χ4v) is 1.89. The molecule has 18 heavy (non-hydrogen) atoms. The van der Waals surface area contributed by atoms with Gasteiger partial charge >= 0.3 is 0 Å². The van der Waals surface area contributed by atoms with Gasteiger partial charge < -0.3 is 10.1 Å². The van der Waals surface area contributed by atoms with Crippen molar-refractivity contribution in [3.63, 3.8) is 0 Å². The summed E-state index contributed by atoms with van der Waals surface area (Å²) in [6, 6.07) is 17.4. The minimum Gasteiger partial charge on any atom is -0.497 e. The second-order valence-corrected chi connectivity index (χ2v) is 3.90. The molecule has 2 aromatic rings. The van der Waals surface area contributed by atoms with Crippen LogP contribution in [0.2, 0.25) is 0 Å². The summed E-state index contributed by atoms with van der Waals surface area (Å²) in [5, 5.41) is 2.83. The highest BCUT2D eigenvalue weighted by molar-refractivity contribution is 5.50. The summed E-state index contributed by atoms with van der Waals surface area (Å²) in [5.74, 6) is 0.802. The van der Waals surface area contributed by atoms with Gasteiger partial charge in [0.05, 0.1) is 13.2 Å². The van der Waals surface area contributed by atoms with E-state index in [0.29, 0.717) is 0 Å². The molecule has 3 heteroatoms. The maximum atomic E-state index is 10.7. The topological polar surface area (TPSA) is 38.3 Å². The fourth-order valence-electron chi connectivity index (χ4n) is 1.89. The molecule has 0 unspecified atom stereocenters. The zero-order valence-corrected chi connectivity index (χ0v) is 10.2. The summed E-state index contributed by atoms with van der Waals surface area (Å²) in [6.45, 7) is 0. The van der Waals surface area contributed by atoms with Crippen LogP contribution >= 0.6 is 0 Å². The number of ether oxygens (including phenoxy) is 1. The second-order valence-electron chi connectivity index (χ2n) is 3.90. The second kappa shape index (κ2) is 5.87. The van der Waals surface area contributed by atoms with E-state index in [2.05, 4.69) is 5.32 Å². The summed E-state index contributed by atoms with van der Waals surface area (Å²) in [7, 11) is 1.63. The minimum absolute atomic E-state index is 0.130. The SMILES string of the molecule is COc1ccc([C@H](NC=O)c2ccccc2)cc1. The number of hydrogen-bond donors (Lipinski definition) is 1. The van der Waals surface area contributed by atoms with Crippen LogP contribution in [-0.2, 0) is 4.79 Å². The molecule has 0 spiro atoms. The molecule has 0 aliphatic rings. The van der Waals surface area contributed by atoms with Crippen molar-refractivity contribution in [3.05, 3.63) is 65.7 Å². The van der Waals surface area contributed by atoms with Gasteiger partial charge in [-0.3, -0.25) is 4.79 Å². The van der Waals surface area contributed by atoms with E-state index in [9.17, 15) is 4.79 Å². The molecule has 0 bridgehead atoms. The van der Waals surface area contributed by atoms with Crippen LogP contribution in [0.1, 0.15) is 17.2 Å². The third kappa shape index (κ3) is 2.69. The molecule has 1 atom stereocenters. The van der Waals surface area contributed by atoms with Gasteiger partial charge in [-0.25, -0.2) is 0 Å². The van der Waals surface area contributed by atoms with E-state index in [-0.39, 0.29) is 6.04 Å². The van der Waals surface area contributed by atoms with Crippen molar-refractivity contribution in [2.75, 3.05) is 7.11 Å². The van der Waals surface area contributed by atoms with Crippen molar-refractivity contribution >= 4 is 6.41 Å². The molecular formula is C15H15NO2. The van der Waals surface area contributed by atoms with Crippen LogP contribution < -0.4 is 10.1 Å². The Morgan fingerprint density at radius 1 is 1.00 bits per heavy atom. The van der Waals surface area contributed by atoms with Crippen LogP contribution in [0.5, 0.6) is 5.75 Å². The maximum Gasteiger partial charge on any atom is 0.207 e. The quantitative estimate of drug-likeness (QED) is 0.817. The van der Waals surface area contributed by atoms with E-state index >= 15 is 0 Å². The van der Waals surface area contributed by atoms with E-state index in [0.717, 1.165) is 23.3 Å². The number of carbonyl (C=O) groups excluding carboxylic acids is 1. The number of carbonyl (C=O) groups is 1. The molecular weight excluding hydrogens is 226 g/mol. The summed E-state index contributed by atoms with van der Waals surface area (Å²) >= 11 is 0. The van der Waals surface area contributed by atoms with Crippen molar-refractivity contribution in [2.45, 2.75) is 6.04 Å². The third-order valence-electron chi connectivity index (χ3n) is 2.82. The van der Waals surface area contributed by atoms with Crippen LogP contribution in [0.15, 0.2) is 54.6 Å². The number of nitrogens with one attached hydrogen (secondary N) is 1. The van der Waals surface area contributed by atoms with Gasteiger partial charge in [-0.05, 0) is 23.3 Å². The Morgan fingerprint density at radius 3 is 2.17 bits per heavy atom. The van der Waals surface area contributed by atoms with Crippen LogP contribution in [0, 0.1) is 0 Å². The average Bonchev–Trinajstić information content (AvgIpc) is 2.46. The molecule has 0 saturated carbocycles. The van der Waals surface area contributed by atoms with Crippen molar-refractivity contribution in [2.24, 2.45) is 0 Å². The first-order valence-corrected chi connectivity index (χ1v) is 5.73. The van der Waals surface area contributed by atoms with Crippen LogP contribution in [0.4, 0.5) is 0 Å². The Kier molecular flexibility index (Phi) is 3.97. The largest absolute Gasteiger partial charge is 0.497 e. The summed E-state index contributed by atoms with van der Waals surface area (Å²) in [4.78, 5) is 10.7. The molecule has 1 amide bonds. The average molecular weight is 241 g/mol. The molecule has 0 aliphatic carbocycles. The summed E-state index contributed by atoms with van der Waals surface area (Å²) in [5.41, 5.74) is 2.07. The fraction of sp³-hybridized carbons (Fsp3) is 0.133. The van der Waals surface area contributed by atoms with Gasteiger partial charge in [0, 0.05) is 0 Å². The molecule has 0 aliphatic heterocycles. The minimum atomic E-state index is -0.130. The number of rotatable bonds is 5. The highest BCUT2D eigenvalue weighted by Crippen LogP contribution is 2.23. The molecule has 0 radical (unpaired) electrons. The molecule has 0 fully saturated rings. The van der Waals surface area contributed by atoms with Crippen molar-refractivity contribution < 1.29 is 9.53 Å². The lowest BCUT2D eigenvalue weighted by atomic mass is 9.99. The lowest BCUT2D eigenvalue weighted by molar-refractivity contribution is -0.110. The van der Waals surface area contributed by atoms with Gasteiger partial charge in [0.15, 0.2) is 0 Å². The highest BCUT2D eigenvalue weighted by atomic mass is 16.5. The van der Waals surface area contributed by atoms with Gasteiger partial charge in [0.25, 0.3) is 0 Å². The van der Waals surface area contributed by atoms with Gasteiger partial charge in [-0.1, -0.05) is 42.5 Å². The smallest absolute Gasteiger partial charge is 0.207 e. The predicted octanol–water partition coefficient (Wildman–Crippen LogP) is 2.53. The predicted molar refractivity (Wildman–Crippen MR) is 70.5 cm³/mol. The van der Waals surface area contributed by atoms with Crippen LogP contribution in [0.25, 0.3) is 0 Å². The molecule has 1 N–H and O–H groups in total. The normalized spacial score (nSPS) is 11.6. The van der Waals surface area contributed by atoms with E-state index in [1.54, 1.807) is 7.11 Å². The highest BCUT2D eigenvalue weighted by Gasteiger charge is 2.12. The molecule has 0 heterocycles. The molecule has 92 valence electrons. The Morgan fingerprint density at radius 2 is 1.61 bits per heavy atom. The van der Waals surface area contributed by atoms with Gasteiger partial charge in [0.1, 0.15) is 5.75 Å². The van der Waals surface area contributed by atoms with E-state index in [1.807, 2.05) is 54.6 Å². The number of methoxy groups -OCH3 is 1. The van der Waals surface area contributed by atoms with Gasteiger partial charge in [-0.2, -0.15) is 0 Å². The zero-order chi connectivity index (χ0) is 12.8. The van der Waals surface area contributed by atoms with Crippen LogP contribution in [-0.4, -0.2) is 13.5 Å². The van der Waals surface area contributed by atoms with E-state index < -0.39 is 0 Å². The standard InChI is InChI=1S/C15H15NO2/c1-18-14-9-7-13(8-10-14)15(16-11-17)12-5-3-2-4-6-12/h2-11,15H,1H3,(H,16,17)/t15-/m1/s1. The summed E-state index contributed by atoms with van der Waals surface area (Å²) in [6.07, 6.45) is 0.724. The van der Waals surface area contributed by atoms with E-state index in [1.165, 1.54) is 0 Å². The zero-order valence-electron chi connectivity index (χ0n) is 10.2. The molecule has 3 nitrogen and oxygen atoms in total. The number of amides is 1. The van der Waals surface area contributed by atoms with E-state index in [4.69, 9.17) is 4.74 Å². The van der Waals surface area contributed by atoms with Gasteiger partial charge in [0.2, 0.25) is 6.41 Å². The molecule has 0 saturated heterocycles. The number of hydrogen-bond acceptors (Lipinski definition) is 2. The Bertz CT molecular complexity index is 494. The third-order valence-corrected chi connectivity index (χ3v) is 2.82. The monoisotopic (exact) mass is 241 g/mol.